The van der Waals surface area contributed by atoms with E-state index in [1.165, 1.54) is 70.3 Å². The van der Waals surface area contributed by atoms with Gasteiger partial charge in [-0.3, -0.25) is 57.6 Å². The molecule has 0 unspecified atom stereocenters. The number of anilines is 1. The number of phenolic OH excluding ortho intramolecular Hbond substituents is 2. The van der Waals surface area contributed by atoms with Crippen LogP contribution in [0.2, 0.25) is 0 Å². The number of rotatable bonds is 29. The fourth-order valence-corrected chi connectivity index (χ4v) is 10.3. The SMILES string of the molecule is COc1cccc2c1C(=O)c1c(O)c3c(c(O)c1C2=O)C[C@@](O)(C(=O)CO)C[C@@H]3O[C@@H]1C[C@H](NC(=O)OCc2ccc(NC(=O)[C@@H](CC(N)=O)NC(=O)[C@@H](C)NC(=O)[C@@H](C)NC(=O)CCOCCOCCNC(=O)CCN3C(=O)C=CC3=O)cc2)[C@@H](O)[C@H](C)O1. The fourth-order valence-electron chi connectivity index (χ4n) is 10.3. The second-order valence-electron chi connectivity index (χ2n) is 21.5. The number of primary amides is 1. The Morgan fingerprint density at radius 3 is 2.12 bits per heavy atom. The van der Waals surface area contributed by atoms with Gasteiger partial charge in [-0.2, -0.15) is 0 Å². The lowest BCUT2D eigenvalue weighted by atomic mass is 9.72. The van der Waals surface area contributed by atoms with E-state index in [9.17, 15) is 83.1 Å². The molecule has 9 amide bonds. The van der Waals surface area contributed by atoms with E-state index in [1.807, 2.05) is 0 Å². The summed E-state index contributed by atoms with van der Waals surface area (Å²) in [7, 11) is 1.27. The van der Waals surface area contributed by atoms with Gasteiger partial charge in [0.1, 0.15) is 60.3 Å². The summed E-state index contributed by atoms with van der Waals surface area (Å²) >= 11 is 0. The van der Waals surface area contributed by atoms with Crippen molar-refractivity contribution in [2.75, 3.05) is 58.6 Å². The van der Waals surface area contributed by atoms with Crippen molar-refractivity contribution >= 4 is 76.4 Å². The van der Waals surface area contributed by atoms with Crippen LogP contribution in [0.5, 0.6) is 17.2 Å². The van der Waals surface area contributed by atoms with Crippen LogP contribution < -0.4 is 42.4 Å². The first kappa shape index (κ1) is 68.3. The Morgan fingerprint density at radius 1 is 0.800 bits per heavy atom. The molecule has 31 heteroatoms. The van der Waals surface area contributed by atoms with E-state index in [2.05, 4.69) is 31.9 Å². The molecule has 31 nitrogen and oxygen atoms in total. The van der Waals surface area contributed by atoms with Crippen molar-refractivity contribution in [2.45, 2.75) is 120 Å². The number of hydrogen-bond donors (Lipinski definition) is 12. The van der Waals surface area contributed by atoms with Crippen LogP contribution in [0.15, 0.2) is 54.6 Å². The number of aromatic hydroxyl groups is 2. The number of nitrogens with one attached hydrogen (secondary N) is 6. The molecule has 0 bridgehead atoms. The Kier molecular flexibility index (Phi) is 23.0. The molecule has 7 rings (SSSR count). The maximum Gasteiger partial charge on any atom is 0.407 e. The molecular weight excluding hydrogens is 1190 g/mol. The van der Waals surface area contributed by atoms with Crippen LogP contribution in [-0.4, -0.2) is 203 Å². The maximum atomic E-state index is 14.1. The Hall–Kier alpha value is -9.24. The normalized spacial score (nSPS) is 20.9. The maximum absolute atomic E-state index is 14.1. The van der Waals surface area contributed by atoms with Crippen molar-refractivity contribution in [2.24, 2.45) is 5.73 Å². The van der Waals surface area contributed by atoms with Crippen LogP contribution >= 0.6 is 0 Å². The van der Waals surface area contributed by atoms with E-state index in [-0.39, 0.29) is 105 Å². The molecule has 1 saturated heterocycles. The first-order valence-corrected chi connectivity index (χ1v) is 28.4. The summed E-state index contributed by atoms with van der Waals surface area (Å²) in [5.41, 5.74) is 1.41. The lowest BCUT2D eigenvalue weighted by Gasteiger charge is -2.42. The number of amides is 9. The quantitative estimate of drug-likeness (QED) is 0.0161. The molecule has 2 aliphatic heterocycles. The number of alkyl carbamates (subject to hydrolysis) is 1. The number of fused-ring (bicyclic) bond motifs is 3. The minimum absolute atomic E-state index is 0.00782. The Labute approximate surface area is 513 Å². The highest BCUT2D eigenvalue weighted by Gasteiger charge is 2.50. The number of phenols is 2. The highest BCUT2D eigenvalue weighted by Crippen LogP contribution is 2.52. The number of aliphatic hydroxyl groups excluding tert-OH is 2. The molecule has 0 saturated carbocycles. The van der Waals surface area contributed by atoms with Crippen molar-refractivity contribution in [3.05, 3.63) is 93.6 Å². The van der Waals surface area contributed by atoms with Crippen LogP contribution in [0, 0.1) is 0 Å². The summed E-state index contributed by atoms with van der Waals surface area (Å²) in [5.74, 6) is -9.79. The number of imide groups is 1. The molecular formula is C59H70N8O23. The molecule has 2 aliphatic carbocycles. The number of methoxy groups -OCH3 is 1. The van der Waals surface area contributed by atoms with Gasteiger partial charge in [-0.15, -0.1) is 0 Å². The number of carbonyl (C=O) groups is 12. The van der Waals surface area contributed by atoms with Gasteiger partial charge in [0.05, 0.1) is 74.9 Å². The molecule has 3 aromatic rings. The van der Waals surface area contributed by atoms with Crippen molar-refractivity contribution in [3.63, 3.8) is 0 Å². The predicted octanol–water partition coefficient (Wildman–Crippen LogP) is -1.87. The summed E-state index contributed by atoms with van der Waals surface area (Å²) < 4.78 is 33.6. The number of nitrogens with zero attached hydrogens (tertiary/aromatic N) is 1. The van der Waals surface area contributed by atoms with Crippen LogP contribution in [0.3, 0.4) is 0 Å². The Balaban J connectivity index is 0.846. The number of carbonyl (C=O) groups excluding carboxylic acids is 12. The average Bonchev–Trinajstić information content (AvgIpc) is 0.773. The third-order valence-corrected chi connectivity index (χ3v) is 15.1. The number of nitrogens with two attached hydrogens (primary N) is 1. The highest BCUT2D eigenvalue weighted by molar-refractivity contribution is 6.31. The molecule has 13 N–H and O–H groups in total. The summed E-state index contributed by atoms with van der Waals surface area (Å²) in [6, 6.07) is 4.92. The predicted molar refractivity (Wildman–Crippen MR) is 307 cm³/mol. The molecule has 0 aromatic heterocycles. The fraction of sp³-hybridized carbons (Fsp3) is 0.458. The summed E-state index contributed by atoms with van der Waals surface area (Å²) in [6.45, 7) is 3.12. The number of Topliss-reactive ketones (excluding diaryl/α,β-unsaturated/α-hetero) is 1. The van der Waals surface area contributed by atoms with Crippen molar-refractivity contribution in [1.82, 2.24) is 31.5 Å². The number of hydrogen-bond acceptors (Lipinski definition) is 23. The van der Waals surface area contributed by atoms with Crippen LogP contribution in [0.1, 0.15) is 108 Å². The summed E-state index contributed by atoms with van der Waals surface area (Å²) in [6.07, 6.45) is -6.69. The molecule has 9 atom stereocenters. The van der Waals surface area contributed by atoms with Crippen molar-refractivity contribution < 1.29 is 111 Å². The second kappa shape index (κ2) is 30.3. The highest BCUT2D eigenvalue weighted by atomic mass is 16.7. The van der Waals surface area contributed by atoms with Gasteiger partial charge in [0, 0.05) is 79.7 Å². The zero-order valence-corrected chi connectivity index (χ0v) is 49.3. The standard InChI is InChI=1S/C59H70N8O23/c1-28(62-42(72)15-18-86-20-21-87-19-16-61-41(71)14-17-67-43(73)12-13-44(67)74)55(80)63-29(2)56(81)65-36(22-40(60)70)57(82)64-32-10-8-31(9-11-32)27-88-58(83)66-35-23-45(89-30(3)50(35)75)90-38-25-59(84,39(69)26-68)24-34-47(38)54(79)49-48(52(34)77)51(76)33-6-5-7-37(85-4)46(33)53(49)78/h5-13,28-30,35-36,38,45,50,68,75,77,79,84H,14-27H2,1-4H3,(H2,60,70)(H,61,71)(H,62,72)(H,63,80)(H,64,82)(H,65,81)(H,66,83)/t28-,29-,30+,35+,36-,38+,45-,50+,59+/m1/s1. The molecule has 3 aromatic carbocycles. The smallest absolute Gasteiger partial charge is 0.407 e. The Morgan fingerprint density at radius 2 is 1.46 bits per heavy atom. The van der Waals surface area contributed by atoms with Gasteiger partial charge >= 0.3 is 6.09 Å². The molecule has 90 heavy (non-hydrogen) atoms. The van der Waals surface area contributed by atoms with Gasteiger partial charge in [0.25, 0.3) is 11.8 Å². The zero-order valence-electron chi connectivity index (χ0n) is 49.3. The van der Waals surface area contributed by atoms with Crippen molar-refractivity contribution in [3.8, 4) is 17.2 Å². The van der Waals surface area contributed by atoms with Crippen LogP contribution in [0.4, 0.5) is 10.5 Å². The van der Waals surface area contributed by atoms with E-state index in [1.54, 1.807) is 0 Å². The summed E-state index contributed by atoms with van der Waals surface area (Å²) in [4.78, 5) is 154. The second-order valence-corrected chi connectivity index (χ2v) is 21.5. The number of ketones is 3. The summed E-state index contributed by atoms with van der Waals surface area (Å²) in [5, 5.41) is 71.1. The van der Waals surface area contributed by atoms with E-state index in [0.717, 1.165) is 17.1 Å². The van der Waals surface area contributed by atoms with Gasteiger partial charge in [0.2, 0.25) is 41.2 Å². The van der Waals surface area contributed by atoms with Gasteiger partial charge in [-0.25, -0.2) is 4.79 Å². The molecule has 2 heterocycles. The Bertz CT molecular complexity index is 3320. The van der Waals surface area contributed by atoms with E-state index >= 15 is 0 Å². The largest absolute Gasteiger partial charge is 0.507 e. The zero-order chi connectivity index (χ0) is 65.7. The van der Waals surface area contributed by atoms with Gasteiger partial charge in [-0.1, -0.05) is 24.3 Å². The van der Waals surface area contributed by atoms with Gasteiger partial charge in [0.15, 0.2) is 17.9 Å². The lowest BCUT2D eigenvalue weighted by molar-refractivity contribution is -0.249. The average molecular weight is 1260 g/mol. The topological polar surface area (TPSA) is 463 Å². The van der Waals surface area contributed by atoms with Gasteiger partial charge < -0.3 is 91.6 Å². The monoisotopic (exact) mass is 1260 g/mol. The van der Waals surface area contributed by atoms with E-state index in [0.29, 0.717) is 5.56 Å². The minimum atomic E-state index is -2.44. The molecule has 0 spiro atoms. The first-order chi connectivity index (χ1) is 42.7. The van der Waals surface area contributed by atoms with Crippen LogP contribution in [0.25, 0.3) is 0 Å². The third-order valence-electron chi connectivity index (χ3n) is 15.1. The third kappa shape index (κ3) is 16.5. The molecule has 0 radical (unpaired) electrons. The molecule has 4 aliphatic rings. The van der Waals surface area contributed by atoms with E-state index in [4.69, 9.17) is 34.2 Å². The minimum Gasteiger partial charge on any atom is -0.507 e. The number of ether oxygens (including phenoxy) is 6. The number of aliphatic hydroxyl groups is 3. The van der Waals surface area contributed by atoms with Crippen molar-refractivity contribution in [1.29, 1.82) is 0 Å². The molecule has 1 fully saturated rings. The molecule has 484 valence electrons. The van der Waals surface area contributed by atoms with E-state index < -0.39 is 168 Å². The van der Waals surface area contributed by atoms with Gasteiger partial charge in [-0.05, 0) is 44.5 Å². The lowest BCUT2D eigenvalue weighted by Crippen LogP contribution is -2.56. The first-order valence-electron chi connectivity index (χ1n) is 28.4. The van der Waals surface area contributed by atoms with Crippen LogP contribution in [-0.2, 0) is 79.9 Å². The number of benzene rings is 3.